The van der Waals surface area contributed by atoms with E-state index in [0.717, 1.165) is 0 Å². The van der Waals surface area contributed by atoms with Crippen LogP contribution in [0.1, 0.15) is 25.3 Å². The van der Waals surface area contributed by atoms with Crippen LogP contribution in [0.5, 0.6) is 0 Å². The van der Waals surface area contributed by atoms with Crippen LogP contribution in [0.4, 0.5) is 0 Å². The third-order valence-corrected chi connectivity index (χ3v) is 8.78. The van der Waals surface area contributed by atoms with Crippen LogP contribution < -0.4 is 11.1 Å². The number of nitrogens with zero attached hydrogens (tertiary/aromatic N) is 1. The normalized spacial score (nSPS) is 15.3. The van der Waals surface area contributed by atoms with Crippen molar-refractivity contribution in [1.82, 2.24) is 9.62 Å². The number of nitrogens with one attached hydrogen (secondary N) is 2. The van der Waals surface area contributed by atoms with Crippen LogP contribution in [0.2, 0.25) is 10.0 Å². The van der Waals surface area contributed by atoms with Gasteiger partial charge in [-0.05, 0) is 37.6 Å². The van der Waals surface area contributed by atoms with Crippen LogP contribution in [-0.4, -0.2) is 64.1 Å². The van der Waals surface area contributed by atoms with Crippen LogP contribution >= 0.6 is 23.2 Å². The van der Waals surface area contributed by atoms with Crippen molar-refractivity contribution < 1.29 is 32.2 Å². The molecule has 2 aromatic carbocycles. The molecular weight excluding hydrogens is 595 g/mol. The molecule has 0 aliphatic carbocycles. The number of methoxy groups -OCH3 is 1. The van der Waals surface area contributed by atoms with Crippen LogP contribution in [0.3, 0.4) is 0 Å². The number of carbonyl (C=O) groups excluding carboxylic acids is 2. The monoisotopic (exact) mass is 624 g/mol. The number of hydrogen-bond donors (Lipinski definition) is 3. The minimum Gasteiger partial charge on any atom is -0.466 e. The number of dihydropyridines is 1. The molecule has 0 spiro atoms. The highest BCUT2D eigenvalue weighted by Crippen LogP contribution is 2.43. The number of sulfonamides is 1. The number of rotatable bonds is 11. The summed E-state index contributed by atoms with van der Waals surface area (Å²) in [7, 11) is -2.89. The summed E-state index contributed by atoms with van der Waals surface area (Å²) in [5.41, 5.74) is 6.76. The molecule has 0 saturated carbocycles. The molecule has 4 N–H and O–H groups in total. The maximum absolute atomic E-state index is 13.3. The van der Waals surface area contributed by atoms with E-state index in [1.807, 2.05) is 0 Å². The SMILES string of the molecule is CCOC(=O)C1=C(COCCN(C(=N)N)S(=O)(=O)c2ccccc2)NC(C)=C(C(=O)OC)C1c1cccc(Cl)c1Cl. The molecule has 0 amide bonds. The Morgan fingerprint density at radius 2 is 1.76 bits per heavy atom. The molecule has 1 aliphatic heterocycles. The Balaban J connectivity index is 1.97. The molecule has 41 heavy (non-hydrogen) atoms. The number of halogens is 2. The maximum Gasteiger partial charge on any atom is 0.336 e. The van der Waals surface area contributed by atoms with E-state index in [1.54, 1.807) is 50.2 Å². The molecule has 1 unspecified atom stereocenters. The highest BCUT2D eigenvalue weighted by atomic mass is 35.5. The number of hydrogen-bond acceptors (Lipinski definition) is 9. The Labute approximate surface area is 248 Å². The van der Waals surface area contributed by atoms with Crippen LogP contribution in [0, 0.1) is 5.41 Å². The van der Waals surface area contributed by atoms with E-state index in [9.17, 15) is 18.0 Å². The summed E-state index contributed by atoms with van der Waals surface area (Å²) in [6.45, 7) is 2.63. The van der Waals surface area contributed by atoms with Gasteiger partial charge in [0, 0.05) is 5.70 Å². The molecule has 3 rings (SSSR count). The van der Waals surface area contributed by atoms with Gasteiger partial charge in [-0.2, -0.15) is 0 Å². The Hall–Kier alpha value is -3.58. The largest absolute Gasteiger partial charge is 0.466 e. The van der Waals surface area contributed by atoms with Crippen molar-refractivity contribution in [3.8, 4) is 0 Å². The van der Waals surface area contributed by atoms with Gasteiger partial charge in [-0.25, -0.2) is 22.3 Å². The molecule has 14 heteroatoms. The first-order valence-corrected chi connectivity index (χ1v) is 14.5. The lowest BCUT2D eigenvalue weighted by Crippen LogP contribution is -2.43. The lowest BCUT2D eigenvalue weighted by Gasteiger charge is -2.32. The van der Waals surface area contributed by atoms with Gasteiger partial charge in [-0.3, -0.25) is 5.41 Å². The van der Waals surface area contributed by atoms with E-state index >= 15 is 0 Å². The van der Waals surface area contributed by atoms with Crippen molar-refractivity contribution in [2.75, 3.05) is 33.5 Å². The highest BCUT2D eigenvalue weighted by Gasteiger charge is 2.40. The van der Waals surface area contributed by atoms with Gasteiger partial charge in [0.15, 0.2) is 0 Å². The van der Waals surface area contributed by atoms with Crippen molar-refractivity contribution in [1.29, 1.82) is 5.41 Å². The average molecular weight is 626 g/mol. The van der Waals surface area contributed by atoms with Gasteiger partial charge < -0.3 is 25.3 Å². The van der Waals surface area contributed by atoms with Gasteiger partial charge in [0.1, 0.15) is 0 Å². The lowest BCUT2D eigenvalue weighted by atomic mass is 9.80. The lowest BCUT2D eigenvalue weighted by molar-refractivity contribution is -0.139. The first-order valence-electron chi connectivity index (χ1n) is 12.3. The highest BCUT2D eigenvalue weighted by molar-refractivity contribution is 7.89. The van der Waals surface area contributed by atoms with Gasteiger partial charge in [0.25, 0.3) is 10.0 Å². The molecule has 11 nitrogen and oxygen atoms in total. The molecule has 1 aliphatic rings. The molecule has 0 radical (unpaired) electrons. The summed E-state index contributed by atoms with van der Waals surface area (Å²) in [5.74, 6) is -3.12. The quantitative estimate of drug-likeness (QED) is 0.147. The fourth-order valence-electron chi connectivity index (χ4n) is 4.31. The predicted octanol–water partition coefficient (Wildman–Crippen LogP) is 3.55. The van der Waals surface area contributed by atoms with Gasteiger partial charge in [0.05, 0.1) is 71.2 Å². The van der Waals surface area contributed by atoms with Gasteiger partial charge in [0.2, 0.25) is 5.96 Å². The molecule has 220 valence electrons. The van der Waals surface area contributed by atoms with Crippen molar-refractivity contribution in [3.05, 3.63) is 86.7 Å². The Morgan fingerprint density at radius 1 is 1.07 bits per heavy atom. The second-order valence-electron chi connectivity index (χ2n) is 8.67. The summed E-state index contributed by atoms with van der Waals surface area (Å²) in [5, 5.41) is 11.2. The molecular formula is C27H30Cl2N4O7S. The van der Waals surface area contributed by atoms with Crippen molar-refractivity contribution >= 4 is 51.1 Å². The number of esters is 2. The Morgan fingerprint density at radius 3 is 2.37 bits per heavy atom. The van der Waals surface area contributed by atoms with E-state index < -0.39 is 33.8 Å². The van der Waals surface area contributed by atoms with Crippen molar-refractivity contribution in [2.45, 2.75) is 24.7 Å². The molecule has 1 heterocycles. The molecule has 0 fully saturated rings. The van der Waals surface area contributed by atoms with Crippen LogP contribution in [0.25, 0.3) is 0 Å². The van der Waals surface area contributed by atoms with E-state index in [1.165, 1.54) is 19.2 Å². The number of guanidine groups is 1. The van der Waals surface area contributed by atoms with Crippen LogP contribution in [0.15, 0.2) is 76.0 Å². The number of carbonyl (C=O) groups is 2. The second-order valence-corrected chi connectivity index (χ2v) is 11.3. The van der Waals surface area contributed by atoms with Gasteiger partial charge >= 0.3 is 11.9 Å². The standard InChI is InChI=1S/C27H30Cl2N4O7S/c1-4-40-26(35)23-20(15-39-14-13-33(27(30)31)41(36,37)17-9-6-5-7-10-17)32-16(2)21(25(34)38-3)22(23)18-11-8-12-19(28)24(18)29/h5-12,22,32H,4,13-15H2,1-3H3,(H3,30,31). The molecule has 1 atom stereocenters. The van der Waals surface area contributed by atoms with Gasteiger partial charge in [-0.1, -0.05) is 53.5 Å². The minimum atomic E-state index is -4.10. The predicted molar refractivity (Wildman–Crippen MR) is 154 cm³/mol. The number of allylic oxidation sites excluding steroid dienone is 1. The average Bonchev–Trinajstić information content (AvgIpc) is 2.93. The summed E-state index contributed by atoms with van der Waals surface area (Å²) in [6.07, 6.45) is 0. The minimum absolute atomic E-state index is 0.0335. The number of nitrogens with two attached hydrogens (primary N) is 1. The second kappa shape index (κ2) is 13.9. The molecule has 0 saturated heterocycles. The van der Waals surface area contributed by atoms with Crippen molar-refractivity contribution in [3.63, 3.8) is 0 Å². The fraction of sp³-hybridized carbons (Fsp3) is 0.296. The van der Waals surface area contributed by atoms with E-state index in [0.29, 0.717) is 15.6 Å². The zero-order chi connectivity index (χ0) is 30.3. The molecule has 0 aromatic heterocycles. The van der Waals surface area contributed by atoms with E-state index in [-0.39, 0.29) is 58.1 Å². The van der Waals surface area contributed by atoms with E-state index in [4.69, 9.17) is 48.6 Å². The molecule has 0 bridgehead atoms. The van der Waals surface area contributed by atoms with Gasteiger partial charge in [-0.15, -0.1) is 0 Å². The zero-order valence-electron chi connectivity index (χ0n) is 22.6. The topological polar surface area (TPSA) is 161 Å². The third kappa shape index (κ3) is 7.02. The Kier molecular flexibility index (Phi) is 10.8. The summed E-state index contributed by atoms with van der Waals surface area (Å²) in [4.78, 5) is 26.2. The first-order chi connectivity index (χ1) is 19.4. The maximum atomic E-state index is 13.3. The number of ether oxygens (including phenoxy) is 3. The summed E-state index contributed by atoms with van der Waals surface area (Å²) >= 11 is 12.8. The third-order valence-electron chi connectivity index (χ3n) is 6.12. The van der Waals surface area contributed by atoms with Crippen molar-refractivity contribution in [2.24, 2.45) is 5.73 Å². The fourth-order valence-corrected chi connectivity index (χ4v) is 6.05. The number of benzene rings is 2. The Bertz CT molecular complexity index is 1490. The van der Waals surface area contributed by atoms with E-state index in [2.05, 4.69) is 5.32 Å². The summed E-state index contributed by atoms with van der Waals surface area (Å²) < 4.78 is 42.8. The molecule has 2 aromatic rings. The van der Waals surface area contributed by atoms with Crippen LogP contribution in [-0.2, 0) is 33.8 Å². The summed E-state index contributed by atoms with van der Waals surface area (Å²) in [6, 6.07) is 12.4. The first kappa shape index (κ1) is 31.9. The smallest absolute Gasteiger partial charge is 0.336 e. The zero-order valence-corrected chi connectivity index (χ0v) is 24.9.